The van der Waals surface area contributed by atoms with E-state index in [1.54, 1.807) is 12.3 Å². The second-order valence-electron chi connectivity index (χ2n) is 4.38. The van der Waals surface area contributed by atoms with E-state index in [9.17, 15) is 5.11 Å². The lowest BCUT2D eigenvalue weighted by atomic mass is 10.1. The molecule has 0 amide bonds. The Morgan fingerprint density at radius 3 is 2.85 bits per heavy atom. The van der Waals surface area contributed by atoms with Crippen molar-refractivity contribution in [2.45, 2.75) is 6.92 Å². The number of nitrogens with one attached hydrogen (secondary N) is 1. The van der Waals surface area contributed by atoms with Crippen LogP contribution in [-0.2, 0) is 0 Å². The Balaban J connectivity index is 2.12. The van der Waals surface area contributed by atoms with Gasteiger partial charge in [-0.2, -0.15) is 0 Å². The van der Waals surface area contributed by atoms with Gasteiger partial charge in [0, 0.05) is 16.1 Å². The molecule has 0 aliphatic heterocycles. The van der Waals surface area contributed by atoms with Gasteiger partial charge in [0.2, 0.25) is 5.88 Å². The molecule has 0 fully saturated rings. The van der Waals surface area contributed by atoms with Crippen LogP contribution in [0.25, 0.3) is 10.9 Å². The summed E-state index contributed by atoms with van der Waals surface area (Å²) in [4.78, 5) is 6.95. The molecule has 0 radical (unpaired) electrons. The number of hydrogen-bond acceptors (Lipinski definition) is 4. The van der Waals surface area contributed by atoms with E-state index in [1.165, 1.54) is 0 Å². The maximum Gasteiger partial charge on any atom is 0.218 e. The summed E-state index contributed by atoms with van der Waals surface area (Å²) in [5.41, 5.74) is 2.27. The summed E-state index contributed by atoms with van der Waals surface area (Å²) in [6.07, 6.45) is 1.64. The summed E-state index contributed by atoms with van der Waals surface area (Å²) in [5.74, 6) is 0.485. The number of H-pyrrole nitrogens is 1. The number of fused-ring (bicyclic) bond motifs is 1. The van der Waals surface area contributed by atoms with E-state index in [0.29, 0.717) is 11.5 Å². The third kappa shape index (κ3) is 2.30. The van der Waals surface area contributed by atoms with Crippen molar-refractivity contribution in [3.05, 3.63) is 46.6 Å². The molecule has 0 spiro atoms. The van der Waals surface area contributed by atoms with Gasteiger partial charge >= 0.3 is 0 Å². The number of hydrogen-bond donors (Lipinski definition) is 2. The maximum atomic E-state index is 9.98. The highest BCUT2D eigenvalue weighted by molar-refractivity contribution is 9.10. The van der Waals surface area contributed by atoms with E-state index in [2.05, 4.69) is 36.1 Å². The van der Waals surface area contributed by atoms with Gasteiger partial charge in [-0.05, 0) is 52.7 Å². The molecule has 2 heterocycles. The van der Waals surface area contributed by atoms with Crippen LogP contribution in [0.5, 0.6) is 5.88 Å². The third-order valence-corrected chi connectivity index (χ3v) is 3.48. The minimum absolute atomic E-state index is 0.00835. The van der Waals surface area contributed by atoms with Crippen LogP contribution in [-0.4, -0.2) is 15.1 Å². The lowest BCUT2D eigenvalue weighted by Crippen LogP contribution is -1.75. The number of halogens is 1. The third-order valence-electron chi connectivity index (χ3n) is 2.86. The van der Waals surface area contributed by atoms with Crippen molar-refractivity contribution in [1.29, 1.82) is 0 Å². The van der Waals surface area contributed by atoms with Gasteiger partial charge in [0.1, 0.15) is 0 Å². The summed E-state index contributed by atoms with van der Waals surface area (Å²) < 4.78 is 0.877. The number of azo groups is 1. The van der Waals surface area contributed by atoms with E-state index in [4.69, 9.17) is 0 Å². The minimum atomic E-state index is -0.00835. The van der Waals surface area contributed by atoms with Crippen LogP contribution in [0.15, 0.2) is 51.2 Å². The van der Waals surface area contributed by atoms with Gasteiger partial charge in [-0.25, -0.2) is 4.98 Å². The zero-order chi connectivity index (χ0) is 14.1. The summed E-state index contributed by atoms with van der Waals surface area (Å²) in [6, 6.07) is 9.30. The van der Waals surface area contributed by atoms with Crippen LogP contribution in [0, 0.1) is 6.92 Å². The van der Waals surface area contributed by atoms with Gasteiger partial charge in [-0.3, -0.25) is 0 Å². The first-order chi connectivity index (χ1) is 9.65. The van der Waals surface area contributed by atoms with Crippen molar-refractivity contribution < 1.29 is 5.11 Å². The molecular formula is C14H11BrN4O. The number of aromatic hydroxyl groups is 1. The van der Waals surface area contributed by atoms with Gasteiger partial charge < -0.3 is 10.1 Å². The average Bonchev–Trinajstić information content (AvgIpc) is 2.74. The number of aromatic amines is 1. The Morgan fingerprint density at radius 1 is 1.25 bits per heavy atom. The van der Waals surface area contributed by atoms with Crippen LogP contribution >= 0.6 is 15.9 Å². The molecule has 3 rings (SSSR count). The van der Waals surface area contributed by atoms with Gasteiger partial charge in [-0.15, -0.1) is 10.2 Å². The molecule has 100 valence electrons. The Labute approximate surface area is 123 Å². The highest BCUT2D eigenvalue weighted by atomic mass is 79.9. The van der Waals surface area contributed by atoms with Crippen molar-refractivity contribution in [3.63, 3.8) is 0 Å². The molecular weight excluding hydrogens is 320 g/mol. The quantitative estimate of drug-likeness (QED) is 0.665. The first-order valence-corrected chi connectivity index (χ1v) is 6.78. The van der Waals surface area contributed by atoms with Gasteiger partial charge in [0.25, 0.3) is 0 Å². The van der Waals surface area contributed by atoms with Crippen molar-refractivity contribution in [3.8, 4) is 5.88 Å². The fourth-order valence-electron chi connectivity index (χ4n) is 1.98. The summed E-state index contributed by atoms with van der Waals surface area (Å²) >= 11 is 3.46. The number of benzene rings is 1. The van der Waals surface area contributed by atoms with Crippen LogP contribution < -0.4 is 0 Å². The summed E-state index contributed by atoms with van der Waals surface area (Å²) in [7, 11) is 0. The monoisotopic (exact) mass is 330 g/mol. The largest absolute Gasteiger partial charge is 0.493 e. The van der Waals surface area contributed by atoms with Crippen molar-refractivity contribution >= 4 is 38.3 Å². The normalized spacial score (nSPS) is 11.5. The molecule has 6 heteroatoms. The van der Waals surface area contributed by atoms with E-state index in [1.807, 2.05) is 31.2 Å². The van der Waals surface area contributed by atoms with E-state index in [0.717, 1.165) is 20.9 Å². The molecule has 0 bridgehead atoms. The predicted octanol–water partition coefficient (Wildman–Crippen LogP) is 4.75. The van der Waals surface area contributed by atoms with Gasteiger partial charge in [-0.1, -0.05) is 6.07 Å². The van der Waals surface area contributed by atoms with Crippen LogP contribution in [0.4, 0.5) is 11.5 Å². The zero-order valence-electron chi connectivity index (χ0n) is 10.6. The van der Waals surface area contributed by atoms with Crippen molar-refractivity contribution in [2.24, 2.45) is 10.2 Å². The first-order valence-electron chi connectivity index (χ1n) is 5.98. The SMILES string of the molecule is Cc1cc(Br)c2[nH]c(O)c(N=Nc3ccccn3)c2c1. The maximum absolute atomic E-state index is 9.98. The predicted molar refractivity (Wildman–Crippen MR) is 80.8 cm³/mol. The molecule has 5 nitrogen and oxygen atoms in total. The fourth-order valence-corrected chi connectivity index (χ4v) is 2.65. The standard InChI is InChI=1S/C14H11BrN4O/c1-8-6-9-12(10(15)7-8)17-14(20)13(9)19-18-11-4-2-3-5-16-11/h2-7,17,20H,1H3. The van der Waals surface area contributed by atoms with Crippen LogP contribution in [0.3, 0.4) is 0 Å². The molecule has 0 unspecified atom stereocenters. The molecule has 20 heavy (non-hydrogen) atoms. The molecule has 0 aliphatic carbocycles. The molecule has 0 saturated heterocycles. The Hall–Kier alpha value is -2.21. The van der Waals surface area contributed by atoms with Crippen molar-refractivity contribution in [2.75, 3.05) is 0 Å². The number of aryl methyl sites for hydroxylation is 1. The van der Waals surface area contributed by atoms with Crippen molar-refractivity contribution in [1.82, 2.24) is 9.97 Å². The Morgan fingerprint density at radius 2 is 2.10 bits per heavy atom. The van der Waals surface area contributed by atoms with Crippen LogP contribution in [0.1, 0.15) is 5.56 Å². The molecule has 1 aromatic carbocycles. The van der Waals surface area contributed by atoms with Gasteiger partial charge in [0.05, 0.1) is 5.52 Å². The second kappa shape index (κ2) is 5.05. The lowest BCUT2D eigenvalue weighted by Gasteiger charge is -1.97. The second-order valence-corrected chi connectivity index (χ2v) is 5.23. The zero-order valence-corrected chi connectivity index (χ0v) is 12.2. The summed E-state index contributed by atoms with van der Waals surface area (Å²) in [6.45, 7) is 1.98. The Bertz CT molecular complexity index is 796. The topological polar surface area (TPSA) is 73.6 Å². The molecule has 0 atom stereocenters. The number of rotatable bonds is 2. The van der Waals surface area contributed by atoms with E-state index < -0.39 is 0 Å². The molecule has 2 N–H and O–H groups in total. The fraction of sp³-hybridized carbons (Fsp3) is 0.0714. The lowest BCUT2D eigenvalue weighted by molar-refractivity contribution is 0.459. The highest BCUT2D eigenvalue weighted by Gasteiger charge is 2.13. The average molecular weight is 331 g/mol. The van der Waals surface area contributed by atoms with Gasteiger partial charge in [0.15, 0.2) is 11.5 Å². The number of aromatic nitrogens is 2. The van der Waals surface area contributed by atoms with E-state index >= 15 is 0 Å². The highest BCUT2D eigenvalue weighted by Crippen LogP contribution is 2.39. The number of pyridine rings is 1. The van der Waals surface area contributed by atoms with Crippen LogP contribution in [0.2, 0.25) is 0 Å². The molecule has 3 aromatic rings. The molecule has 2 aromatic heterocycles. The first kappa shape index (κ1) is 12.8. The summed E-state index contributed by atoms with van der Waals surface area (Å²) in [5, 5.41) is 18.9. The minimum Gasteiger partial charge on any atom is -0.493 e. The smallest absolute Gasteiger partial charge is 0.218 e. The number of nitrogens with zero attached hydrogens (tertiary/aromatic N) is 3. The molecule has 0 saturated carbocycles. The Kier molecular flexibility index (Phi) is 3.23. The molecule has 0 aliphatic rings. The van der Waals surface area contributed by atoms with E-state index in [-0.39, 0.29) is 5.88 Å².